The van der Waals surface area contributed by atoms with Crippen molar-refractivity contribution < 1.29 is 5.11 Å². The summed E-state index contributed by atoms with van der Waals surface area (Å²) in [6.07, 6.45) is 0.796. The zero-order valence-corrected chi connectivity index (χ0v) is 10.4. The maximum absolute atomic E-state index is 9.12. The van der Waals surface area contributed by atoms with Gasteiger partial charge in [-0.3, -0.25) is 0 Å². The summed E-state index contributed by atoms with van der Waals surface area (Å²) in [4.78, 5) is 10.7. The predicted molar refractivity (Wildman–Crippen MR) is 65.9 cm³/mol. The molecule has 0 aliphatic rings. The first kappa shape index (κ1) is 12.7. The second kappa shape index (κ2) is 5.65. The molecule has 1 heterocycles. The fourth-order valence-corrected chi connectivity index (χ4v) is 1.30. The van der Waals surface area contributed by atoms with Crippen LogP contribution in [-0.4, -0.2) is 41.8 Å². The van der Waals surface area contributed by atoms with Crippen molar-refractivity contribution in [2.75, 3.05) is 30.9 Å². The average Bonchev–Trinajstić information content (AvgIpc) is 2.35. The van der Waals surface area contributed by atoms with Gasteiger partial charge < -0.3 is 15.3 Å². The van der Waals surface area contributed by atoms with Crippen LogP contribution < -0.4 is 10.2 Å². The number of nitrogens with one attached hydrogen (secondary N) is 1. The number of hydrogen-bond donors (Lipinski definition) is 2. The van der Waals surface area contributed by atoms with Gasteiger partial charge in [0.15, 0.2) is 0 Å². The van der Waals surface area contributed by atoms with Gasteiger partial charge >= 0.3 is 0 Å². The van der Waals surface area contributed by atoms with E-state index in [-0.39, 0.29) is 12.6 Å². The highest BCUT2D eigenvalue weighted by molar-refractivity contribution is 5.49. The molecule has 90 valence electrons. The van der Waals surface area contributed by atoms with Gasteiger partial charge in [0.1, 0.15) is 17.5 Å². The number of aromatic nitrogens is 2. The molecular weight excluding hydrogens is 204 g/mol. The van der Waals surface area contributed by atoms with Gasteiger partial charge in [-0.2, -0.15) is 0 Å². The monoisotopic (exact) mass is 224 g/mol. The van der Waals surface area contributed by atoms with Crippen LogP contribution >= 0.6 is 0 Å². The summed E-state index contributed by atoms with van der Waals surface area (Å²) in [5.41, 5.74) is 0. The summed E-state index contributed by atoms with van der Waals surface area (Å²) < 4.78 is 0. The first-order valence-corrected chi connectivity index (χ1v) is 5.51. The molecule has 16 heavy (non-hydrogen) atoms. The summed E-state index contributed by atoms with van der Waals surface area (Å²) in [5, 5.41) is 12.1. The standard InChI is InChI=1S/C11H20N4O/c1-5-9-13-10(12-3)6-11(14-9)15(4)8(2)7-16/h6,8,16H,5,7H2,1-4H3,(H,12,13,14). The van der Waals surface area contributed by atoms with E-state index in [2.05, 4.69) is 15.3 Å². The zero-order valence-electron chi connectivity index (χ0n) is 10.4. The highest BCUT2D eigenvalue weighted by Gasteiger charge is 2.12. The number of rotatable bonds is 5. The van der Waals surface area contributed by atoms with Crippen LogP contribution in [0.2, 0.25) is 0 Å². The van der Waals surface area contributed by atoms with Crippen LogP contribution in [0.15, 0.2) is 6.07 Å². The van der Waals surface area contributed by atoms with Gasteiger partial charge in [0, 0.05) is 26.6 Å². The molecule has 0 radical (unpaired) electrons. The minimum absolute atomic E-state index is 0.0457. The minimum atomic E-state index is 0.0457. The molecule has 1 aromatic heterocycles. The molecule has 1 rings (SSSR count). The summed E-state index contributed by atoms with van der Waals surface area (Å²) in [6.45, 7) is 4.08. The maximum Gasteiger partial charge on any atom is 0.134 e. The molecule has 0 saturated carbocycles. The van der Waals surface area contributed by atoms with E-state index in [0.717, 1.165) is 23.9 Å². The van der Waals surface area contributed by atoms with Gasteiger partial charge in [0.25, 0.3) is 0 Å². The molecule has 5 nitrogen and oxygen atoms in total. The zero-order chi connectivity index (χ0) is 12.1. The third kappa shape index (κ3) is 2.82. The third-order valence-electron chi connectivity index (χ3n) is 2.62. The Hall–Kier alpha value is -1.36. The Morgan fingerprint density at radius 2 is 2.19 bits per heavy atom. The van der Waals surface area contributed by atoms with Crippen LogP contribution in [0.3, 0.4) is 0 Å². The molecule has 0 spiro atoms. The fraction of sp³-hybridized carbons (Fsp3) is 0.636. The number of hydrogen-bond acceptors (Lipinski definition) is 5. The van der Waals surface area contributed by atoms with Gasteiger partial charge in [0.2, 0.25) is 0 Å². The van der Waals surface area contributed by atoms with Crippen molar-refractivity contribution in [3.63, 3.8) is 0 Å². The van der Waals surface area contributed by atoms with E-state index < -0.39 is 0 Å². The highest BCUT2D eigenvalue weighted by atomic mass is 16.3. The number of aliphatic hydroxyl groups is 1. The molecule has 0 aliphatic heterocycles. The first-order valence-electron chi connectivity index (χ1n) is 5.51. The molecule has 1 atom stereocenters. The molecular formula is C11H20N4O. The number of nitrogens with zero attached hydrogens (tertiary/aromatic N) is 3. The average molecular weight is 224 g/mol. The number of anilines is 2. The van der Waals surface area contributed by atoms with Crippen molar-refractivity contribution in [1.29, 1.82) is 0 Å². The number of aliphatic hydroxyl groups excluding tert-OH is 1. The van der Waals surface area contributed by atoms with Gasteiger partial charge in [-0.1, -0.05) is 6.92 Å². The first-order chi connectivity index (χ1) is 7.62. The van der Waals surface area contributed by atoms with Gasteiger partial charge in [-0.05, 0) is 6.92 Å². The number of likely N-dealkylation sites (N-methyl/N-ethyl adjacent to an activating group) is 1. The van der Waals surface area contributed by atoms with Crippen LogP contribution in [0.4, 0.5) is 11.6 Å². The molecule has 0 aliphatic carbocycles. The lowest BCUT2D eigenvalue weighted by Gasteiger charge is -2.24. The van der Waals surface area contributed by atoms with E-state index in [9.17, 15) is 0 Å². The van der Waals surface area contributed by atoms with Crippen molar-refractivity contribution in [3.8, 4) is 0 Å². The molecule has 5 heteroatoms. The van der Waals surface area contributed by atoms with Gasteiger partial charge in [-0.15, -0.1) is 0 Å². The largest absolute Gasteiger partial charge is 0.394 e. The van der Waals surface area contributed by atoms with Crippen molar-refractivity contribution >= 4 is 11.6 Å². The molecule has 0 saturated heterocycles. The van der Waals surface area contributed by atoms with E-state index in [4.69, 9.17) is 5.11 Å². The smallest absolute Gasteiger partial charge is 0.134 e. The van der Waals surface area contributed by atoms with Crippen molar-refractivity contribution in [3.05, 3.63) is 11.9 Å². The highest BCUT2D eigenvalue weighted by Crippen LogP contribution is 2.16. The van der Waals surface area contributed by atoms with E-state index >= 15 is 0 Å². The molecule has 0 bridgehead atoms. The Kier molecular flexibility index (Phi) is 4.49. The van der Waals surface area contributed by atoms with E-state index in [1.165, 1.54) is 0 Å². The van der Waals surface area contributed by atoms with Crippen molar-refractivity contribution in [1.82, 2.24) is 9.97 Å². The minimum Gasteiger partial charge on any atom is -0.394 e. The summed E-state index contributed by atoms with van der Waals surface area (Å²) in [6, 6.07) is 1.93. The predicted octanol–water partition coefficient (Wildman–Crippen LogP) is 0.898. The second-order valence-electron chi connectivity index (χ2n) is 3.77. The Bertz CT molecular complexity index is 321. The van der Waals surface area contributed by atoms with Gasteiger partial charge in [0.05, 0.1) is 12.6 Å². The van der Waals surface area contributed by atoms with E-state index in [1.807, 2.05) is 38.9 Å². The molecule has 2 N–H and O–H groups in total. The molecule has 1 aromatic rings. The van der Waals surface area contributed by atoms with E-state index in [1.54, 1.807) is 0 Å². The topological polar surface area (TPSA) is 61.3 Å². The van der Waals surface area contributed by atoms with Crippen LogP contribution in [0, 0.1) is 0 Å². The van der Waals surface area contributed by atoms with Crippen LogP contribution in [0.1, 0.15) is 19.7 Å². The Labute approximate surface area is 96.5 Å². The lowest BCUT2D eigenvalue weighted by atomic mass is 10.3. The molecule has 1 unspecified atom stereocenters. The van der Waals surface area contributed by atoms with E-state index in [0.29, 0.717) is 0 Å². The normalized spacial score (nSPS) is 12.3. The summed E-state index contributed by atoms with van der Waals surface area (Å²) in [7, 11) is 3.75. The van der Waals surface area contributed by atoms with Gasteiger partial charge in [-0.25, -0.2) is 9.97 Å². The number of aryl methyl sites for hydroxylation is 1. The lowest BCUT2D eigenvalue weighted by Crippen LogP contribution is -2.32. The Morgan fingerprint density at radius 3 is 2.69 bits per heavy atom. The van der Waals surface area contributed by atoms with Crippen molar-refractivity contribution in [2.24, 2.45) is 0 Å². The fourth-order valence-electron chi connectivity index (χ4n) is 1.30. The SMILES string of the molecule is CCc1nc(NC)cc(N(C)C(C)CO)n1. The Morgan fingerprint density at radius 1 is 1.50 bits per heavy atom. The van der Waals surface area contributed by atoms with Crippen LogP contribution in [0.25, 0.3) is 0 Å². The third-order valence-corrected chi connectivity index (χ3v) is 2.62. The Balaban J connectivity index is 3.02. The van der Waals surface area contributed by atoms with Crippen LogP contribution in [0.5, 0.6) is 0 Å². The van der Waals surface area contributed by atoms with Crippen LogP contribution in [-0.2, 0) is 6.42 Å². The maximum atomic E-state index is 9.12. The molecule has 0 aromatic carbocycles. The quantitative estimate of drug-likeness (QED) is 0.778. The second-order valence-corrected chi connectivity index (χ2v) is 3.77. The molecule has 0 amide bonds. The lowest BCUT2D eigenvalue weighted by molar-refractivity contribution is 0.269. The molecule has 0 fully saturated rings. The summed E-state index contributed by atoms with van der Waals surface area (Å²) in [5.74, 6) is 2.44. The van der Waals surface area contributed by atoms with Crippen molar-refractivity contribution in [2.45, 2.75) is 26.3 Å². The summed E-state index contributed by atoms with van der Waals surface area (Å²) >= 11 is 0.